The summed E-state index contributed by atoms with van der Waals surface area (Å²) in [6.07, 6.45) is 0. The maximum Gasteiger partial charge on any atom is 0.285 e. The second-order valence-corrected chi connectivity index (χ2v) is 49.6. The summed E-state index contributed by atoms with van der Waals surface area (Å²) < 4.78 is 7.06. The lowest BCUT2D eigenvalue weighted by atomic mass is 10.3. The molecule has 0 fully saturated rings. The van der Waals surface area contributed by atoms with E-state index < -0.39 is 48.5 Å². The van der Waals surface area contributed by atoms with E-state index in [-0.39, 0.29) is 0 Å². The summed E-state index contributed by atoms with van der Waals surface area (Å²) in [4.78, 5) is 11.6. The molecule has 0 unspecified atom stereocenters. The molecule has 0 saturated heterocycles. The number of halogens is 1. The van der Waals surface area contributed by atoms with Crippen LogP contribution in [0.25, 0.3) is 0 Å². The van der Waals surface area contributed by atoms with Gasteiger partial charge in [-0.1, -0.05) is 247 Å². The molecule has 0 heterocycles. The molecule has 0 aliphatic carbocycles. The Labute approximate surface area is 363 Å². The van der Waals surface area contributed by atoms with E-state index in [1.54, 1.807) is 5.67 Å². The Balaban J connectivity index is 0.000000237. The van der Waals surface area contributed by atoms with Crippen LogP contribution in [0, 0.1) is 0 Å². The summed E-state index contributed by atoms with van der Waals surface area (Å²) >= 11 is 5.67. The fraction of sp³-hybridized carbons (Fsp3) is 0.265. The van der Waals surface area contributed by atoms with Crippen LogP contribution in [-0.4, -0.2) is 53.3 Å². The standard InChI is InChI=1S/C21H24OSi2.C18H16OSi.C7H20Si2.C3H9ClSi/c1-23(2,3)22-24(19-13-7-4-8-14-19,20-15-9-5-10-16-20)21-17-11-6-12-18-21;19-20(16-10-4-1-5-11-16,17-12-6-2-7-13-17)18-14-8-3-9-15-18;1-8(2,3)7-9(4,5)6;1-5(2,3)4/h4-18H,1-3H3;1-15,19H;7H2,1-6H3;1-3H3. The fourth-order valence-corrected chi connectivity index (χ4v) is 31.1. The largest absolute Gasteiger partial charge is 0.446 e. The van der Waals surface area contributed by atoms with Gasteiger partial charge in [0.25, 0.3) is 16.6 Å². The van der Waals surface area contributed by atoms with Crippen molar-refractivity contribution < 1.29 is 8.91 Å². The average molecular weight is 894 g/mol. The Hall–Kier alpha value is -3.17. The number of benzene rings is 6. The van der Waals surface area contributed by atoms with Crippen molar-refractivity contribution >= 4 is 90.7 Å². The first-order chi connectivity index (χ1) is 27.0. The smallest absolute Gasteiger partial charge is 0.285 e. The molecule has 6 aromatic rings. The van der Waals surface area contributed by atoms with Crippen molar-refractivity contribution in [3.05, 3.63) is 182 Å². The highest BCUT2D eigenvalue weighted by molar-refractivity contribution is 7.18. The van der Waals surface area contributed by atoms with Gasteiger partial charge in [0.05, 0.1) is 0 Å². The van der Waals surface area contributed by atoms with Gasteiger partial charge < -0.3 is 8.91 Å². The zero-order valence-electron chi connectivity index (χ0n) is 37.3. The van der Waals surface area contributed by atoms with E-state index in [9.17, 15) is 4.80 Å². The van der Waals surface area contributed by atoms with Crippen molar-refractivity contribution in [3.63, 3.8) is 0 Å². The van der Waals surface area contributed by atoms with Gasteiger partial charge in [-0.25, -0.2) is 0 Å². The summed E-state index contributed by atoms with van der Waals surface area (Å²) in [5.74, 6) is 0. The summed E-state index contributed by atoms with van der Waals surface area (Å²) in [5, 5.41) is 6.96. The molecule has 0 aromatic heterocycles. The van der Waals surface area contributed by atoms with Crippen LogP contribution in [0.2, 0.25) is 84.2 Å². The summed E-state index contributed by atoms with van der Waals surface area (Å²) in [6, 6.07) is 62.3. The quantitative estimate of drug-likeness (QED) is 0.0844. The van der Waals surface area contributed by atoms with E-state index >= 15 is 0 Å². The molecule has 0 amide bonds. The van der Waals surface area contributed by atoms with Crippen molar-refractivity contribution in [2.24, 2.45) is 0 Å². The second-order valence-electron chi connectivity index (χ2n) is 19.2. The number of hydrogen-bond donors (Lipinski definition) is 1. The lowest BCUT2D eigenvalue weighted by Gasteiger charge is -2.38. The molecule has 1 N–H and O–H groups in total. The Bertz CT molecular complexity index is 1800. The topological polar surface area (TPSA) is 29.5 Å². The van der Waals surface area contributed by atoms with Gasteiger partial charge in [-0.2, -0.15) is 11.1 Å². The summed E-state index contributed by atoms with van der Waals surface area (Å²) in [7, 11) is -9.76. The van der Waals surface area contributed by atoms with Gasteiger partial charge in [0.1, 0.15) is 7.38 Å². The van der Waals surface area contributed by atoms with Gasteiger partial charge in [0, 0.05) is 16.1 Å². The van der Waals surface area contributed by atoms with Gasteiger partial charge >= 0.3 is 0 Å². The van der Waals surface area contributed by atoms with Crippen molar-refractivity contribution in [1.82, 2.24) is 0 Å². The highest BCUT2D eigenvalue weighted by Gasteiger charge is 2.44. The Morgan fingerprint density at radius 3 is 0.707 bits per heavy atom. The van der Waals surface area contributed by atoms with Crippen LogP contribution in [0.5, 0.6) is 0 Å². The Kier molecular flexibility index (Phi) is 18.6. The molecule has 0 radical (unpaired) electrons. The number of hydrogen-bond acceptors (Lipinski definition) is 2. The molecule has 2 nitrogen and oxygen atoms in total. The molecule has 0 aliphatic rings. The van der Waals surface area contributed by atoms with Gasteiger partial charge in [-0.15, -0.1) is 0 Å². The maximum absolute atomic E-state index is 11.6. The number of rotatable bonds is 10. The predicted octanol–water partition coefficient (Wildman–Crippen LogP) is 10.4. The van der Waals surface area contributed by atoms with Crippen LogP contribution in [0.3, 0.4) is 0 Å². The van der Waals surface area contributed by atoms with Crippen molar-refractivity contribution in [2.45, 2.75) is 84.2 Å². The van der Waals surface area contributed by atoms with Gasteiger partial charge in [-0.3, -0.25) is 0 Å². The molecule has 0 saturated carbocycles. The van der Waals surface area contributed by atoms with Crippen LogP contribution < -0.4 is 31.1 Å². The molecule has 0 spiro atoms. The molecule has 6 rings (SSSR count). The lowest BCUT2D eigenvalue weighted by molar-refractivity contribution is 0.579. The third kappa shape index (κ3) is 16.5. The van der Waals surface area contributed by atoms with Gasteiger partial charge in [0.2, 0.25) is 0 Å². The monoisotopic (exact) mass is 892 g/mol. The molecule has 0 aliphatic heterocycles. The molecular formula is C49H69ClO2Si6. The van der Waals surface area contributed by atoms with E-state index in [1.165, 1.54) is 15.6 Å². The van der Waals surface area contributed by atoms with E-state index in [0.29, 0.717) is 0 Å². The molecule has 0 bridgehead atoms. The minimum atomic E-state index is -2.88. The zero-order valence-corrected chi connectivity index (χ0v) is 44.0. The first-order valence-electron chi connectivity index (χ1n) is 20.5. The normalized spacial score (nSPS) is 12.1. The van der Waals surface area contributed by atoms with Crippen molar-refractivity contribution in [1.29, 1.82) is 0 Å². The first kappa shape index (κ1) is 49.2. The Morgan fingerprint density at radius 2 is 0.552 bits per heavy atom. The molecule has 6 aromatic carbocycles. The maximum atomic E-state index is 11.6. The van der Waals surface area contributed by atoms with Crippen molar-refractivity contribution in [2.75, 3.05) is 0 Å². The lowest BCUT2D eigenvalue weighted by Crippen LogP contribution is -2.72. The predicted molar refractivity (Wildman–Crippen MR) is 275 cm³/mol. The summed E-state index contributed by atoms with van der Waals surface area (Å²) in [6.45, 7) is 27.9. The van der Waals surface area contributed by atoms with E-state index in [0.717, 1.165) is 15.6 Å². The van der Waals surface area contributed by atoms with E-state index in [1.807, 2.05) is 91.0 Å². The minimum absolute atomic E-state index is 0.731. The highest BCUT2D eigenvalue weighted by Crippen LogP contribution is 2.19. The van der Waals surface area contributed by atoms with Crippen LogP contribution in [0.1, 0.15) is 0 Å². The minimum Gasteiger partial charge on any atom is -0.446 e. The highest BCUT2D eigenvalue weighted by atomic mass is 35.6. The molecule has 58 heavy (non-hydrogen) atoms. The first-order valence-corrected chi connectivity index (χ1v) is 39.7. The molecular weight excluding hydrogens is 825 g/mol. The SMILES string of the molecule is C[Si](C)(C)C[Si](C)(C)C.C[Si](C)(C)Cl.C[Si](C)(C)O[Si](c1ccccc1)(c1ccccc1)c1ccccc1.O[Si](c1ccccc1)(c1ccccc1)c1ccccc1. The molecule has 308 valence electrons. The average Bonchev–Trinajstić information content (AvgIpc) is 3.17. The third-order valence-corrected chi connectivity index (χ3v) is 27.7. The van der Waals surface area contributed by atoms with Crippen molar-refractivity contribution in [3.8, 4) is 0 Å². The van der Waals surface area contributed by atoms with Gasteiger partial charge in [0.15, 0.2) is 8.32 Å². The molecule has 9 heteroatoms. The fourth-order valence-electron chi connectivity index (χ4n) is 7.28. The van der Waals surface area contributed by atoms with Crippen LogP contribution >= 0.6 is 11.1 Å². The van der Waals surface area contributed by atoms with Gasteiger partial charge in [-0.05, 0) is 50.8 Å². The van der Waals surface area contributed by atoms with Crippen LogP contribution in [0.4, 0.5) is 0 Å². The molecule has 0 atom stereocenters. The Morgan fingerprint density at radius 1 is 0.362 bits per heavy atom. The van der Waals surface area contributed by atoms with E-state index in [2.05, 4.69) is 170 Å². The van der Waals surface area contributed by atoms with Crippen LogP contribution in [0.15, 0.2) is 182 Å². The summed E-state index contributed by atoms with van der Waals surface area (Å²) in [5.41, 5.74) is 1.57. The second kappa shape index (κ2) is 21.9. The van der Waals surface area contributed by atoms with Crippen LogP contribution in [-0.2, 0) is 4.12 Å². The zero-order chi connectivity index (χ0) is 43.1. The van der Waals surface area contributed by atoms with E-state index in [4.69, 9.17) is 15.2 Å². The third-order valence-electron chi connectivity index (χ3n) is 8.64.